The number of benzene rings is 1. The van der Waals surface area contributed by atoms with Gasteiger partial charge in [-0.1, -0.05) is 23.7 Å². The first-order valence-electron chi connectivity index (χ1n) is 8.87. The number of aliphatic hydroxyl groups excluding tert-OH is 1. The monoisotopic (exact) mass is 428 g/mol. The normalized spacial score (nSPS) is 15.5. The third kappa shape index (κ3) is 3.81. The van der Waals surface area contributed by atoms with Crippen molar-refractivity contribution in [2.24, 2.45) is 7.05 Å². The number of rotatable bonds is 7. The Morgan fingerprint density at radius 2 is 2.00 bits per heavy atom. The lowest BCUT2D eigenvalue weighted by atomic mass is 10.1. The van der Waals surface area contributed by atoms with Crippen molar-refractivity contribution in [2.75, 3.05) is 11.3 Å². The molecule has 2 N–H and O–H groups in total. The van der Waals surface area contributed by atoms with E-state index in [-0.39, 0.29) is 30.2 Å². The molecule has 3 rings (SSSR count). The van der Waals surface area contributed by atoms with Gasteiger partial charge >= 0.3 is 0 Å². The van der Waals surface area contributed by atoms with E-state index in [1.54, 1.807) is 19.1 Å². The minimum atomic E-state index is -3.82. The predicted molar refractivity (Wildman–Crippen MR) is 107 cm³/mol. The number of hydrogen-bond donors (Lipinski definition) is 2. The molecule has 152 valence electrons. The highest BCUT2D eigenvalue weighted by molar-refractivity contribution is 7.94. The zero-order valence-corrected chi connectivity index (χ0v) is 17.2. The topological polar surface area (TPSA) is 88.4 Å². The van der Waals surface area contributed by atoms with Crippen LogP contribution in [0.2, 0.25) is 5.02 Å². The maximum Gasteiger partial charge on any atom is 0.269 e. The van der Waals surface area contributed by atoms with E-state index in [4.69, 9.17) is 11.6 Å². The predicted octanol–water partition coefficient (Wildman–Crippen LogP) is 2.73. The van der Waals surface area contributed by atoms with Crippen LogP contribution in [0.5, 0.6) is 0 Å². The van der Waals surface area contributed by atoms with Gasteiger partial charge in [-0.25, -0.2) is 12.8 Å². The van der Waals surface area contributed by atoms with E-state index in [2.05, 4.69) is 4.72 Å². The molecule has 2 aromatic rings. The van der Waals surface area contributed by atoms with Gasteiger partial charge in [-0.3, -0.25) is 9.52 Å². The molecule has 0 saturated heterocycles. The molecule has 0 atom stereocenters. The Morgan fingerprint density at radius 1 is 1.32 bits per heavy atom. The van der Waals surface area contributed by atoms with Crippen molar-refractivity contribution in [1.29, 1.82) is 0 Å². The van der Waals surface area contributed by atoms with Crippen molar-refractivity contribution in [3.63, 3.8) is 0 Å². The van der Waals surface area contributed by atoms with E-state index >= 15 is 0 Å². The highest BCUT2D eigenvalue weighted by atomic mass is 35.5. The number of aromatic nitrogens is 1. The Hall–Kier alpha value is -1.90. The van der Waals surface area contributed by atoms with Gasteiger partial charge in [0.15, 0.2) is 0 Å². The van der Waals surface area contributed by atoms with Crippen LogP contribution in [-0.4, -0.2) is 29.4 Å². The number of anilines is 1. The second kappa shape index (κ2) is 7.50. The van der Waals surface area contributed by atoms with Crippen molar-refractivity contribution in [1.82, 2.24) is 4.57 Å². The summed E-state index contributed by atoms with van der Waals surface area (Å²) < 4.78 is 42.8. The van der Waals surface area contributed by atoms with E-state index in [1.165, 1.54) is 23.7 Å². The molecule has 1 aromatic carbocycles. The summed E-state index contributed by atoms with van der Waals surface area (Å²) in [5.41, 5.74) is 1.03. The summed E-state index contributed by atoms with van der Waals surface area (Å²) in [4.78, 5) is 12.3. The lowest BCUT2D eigenvalue weighted by Crippen LogP contribution is -2.32. The van der Waals surface area contributed by atoms with Crippen LogP contribution in [-0.2, 0) is 23.5 Å². The largest absolute Gasteiger partial charge is 0.396 e. The molecule has 1 fully saturated rings. The average molecular weight is 429 g/mol. The lowest BCUT2D eigenvalue weighted by Gasteiger charge is -2.21. The van der Waals surface area contributed by atoms with Gasteiger partial charge in [0.25, 0.3) is 5.56 Å². The van der Waals surface area contributed by atoms with Crippen LogP contribution in [0.15, 0.2) is 29.1 Å². The molecular formula is C19H22ClFN2O4S. The fourth-order valence-electron chi connectivity index (χ4n) is 3.26. The van der Waals surface area contributed by atoms with Crippen molar-refractivity contribution < 1.29 is 17.9 Å². The first kappa shape index (κ1) is 20.8. The lowest BCUT2D eigenvalue weighted by molar-refractivity contribution is 0.283. The molecule has 0 unspecified atom stereocenters. The molecule has 0 aliphatic heterocycles. The van der Waals surface area contributed by atoms with E-state index in [0.717, 1.165) is 5.56 Å². The Balaban J connectivity index is 2.05. The SMILES string of the molecule is Cc1ccc(Cc2c(NS(=O)(=O)C3(CCO)CC3)cc(Cl)c(=O)n2C)c(F)c1. The molecule has 1 aromatic heterocycles. The second-order valence-electron chi connectivity index (χ2n) is 7.25. The zero-order chi connectivity index (χ0) is 20.7. The number of halogens is 2. The second-order valence-corrected chi connectivity index (χ2v) is 9.73. The van der Waals surface area contributed by atoms with Gasteiger partial charge in [-0.05, 0) is 49.4 Å². The Bertz CT molecular complexity index is 1080. The fourth-order valence-corrected chi connectivity index (χ4v) is 5.18. The molecule has 0 amide bonds. The highest BCUT2D eigenvalue weighted by Crippen LogP contribution is 2.47. The smallest absolute Gasteiger partial charge is 0.269 e. The van der Waals surface area contributed by atoms with E-state index in [0.29, 0.717) is 24.1 Å². The molecule has 9 heteroatoms. The van der Waals surface area contributed by atoms with Gasteiger partial charge in [0.05, 0.1) is 10.4 Å². The maximum absolute atomic E-state index is 14.3. The van der Waals surface area contributed by atoms with E-state index in [1.807, 2.05) is 0 Å². The summed E-state index contributed by atoms with van der Waals surface area (Å²) in [6, 6.07) is 6.00. The molecule has 28 heavy (non-hydrogen) atoms. The van der Waals surface area contributed by atoms with Gasteiger partial charge in [0.2, 0.25) is 10.0 Å². The van der Waals surface area contributed by atoms with Crippen LogP contribution in [0.25, 0.3) is 0 Å². The molecule has 0 spiro atoms. The van der Waals surface area contributed by atoms with Crippen molar-refractivity contribution in [3.8, 4) is 0 Å². The van der Waals surface area contributed by atoms with Crippen molar-refractivity contribution in [2.45, 2.75) is 37.4 Å². The molecule has 1 aliphatic rings. The zero-order valence-electron chi connectivity index (χ0n) is 15.6. The fraction of sp³-hybridized carbons (Fsp3) is 0.421. The van der Waals surface area contributed by atoms with Gasteiger partial charge in [-0.15, -0.1) is 0 Å². The first-order chi connectivity index (χ1) is 13.1. The van der Waals surface area contributed by atoms with Crippen LogP contribution < -0.4 is 10.3 Å². The van der Waals surface area contributed by atoms with Crippen LogP contribution in [0.3, 0.4) is 0 Å². The van der Waals surface area contributed by atoms with Crippen molar-refractivity contribution in [3.05, 3.63) is 62.3 Å². The van der Waals surface area contributed by atoms with Gasteiger partial charge < -0.3 is 9.67 Å². The summed E-state index contributed by atoms with van der Waals surface area (Å²) >= 11 is 5.98. The number of nitrogens with zero attached hydrogens (tertiary/aromatic N) is 1. The molecular weight excluding hydrogens is 407 g/mol. The van der Waals surface area contributed by atoms with Gasteiger partial charge in [0.1, 0.15) is 10.8 Å². The summed E-state index contributed by atoms with van der Waals surface area (Å²) in [5.74, 6) is -0.435. The van der Waals surface area contributed by atoms with Crippen LogP contribution in [0.1, 0.15) is 36.1 Å². The third-order valence-electron chi connectivity index (χ3n) is 5.25. The van der Waals surface area contributed by atoms with E-state index < -0.39 is 26.1 Å². The number of pyridine rings is 1. The first-order valence-corrected chi connectivity index (χ1v) is 10.7. The Morgan fingerprint density at radius 3 is 2.57 bits per heavy atom. The Labute approximate surface area is 168 Å². The number of aliphatic hydroxyl groups is 1. The summed E-state index contributed by atoms with van der Waals surface area (Å²) in [7, 11) is -2.35. The number of sulfonamides is 1. The molecule has 0 bridgehead atoms. The number of hydrogen-bond acceptors (Lipinski definition) is 4. The maximum atomic E-state index is 14.3. The molecule has 1 saturated carbocycles. The van der Waals surface area contributed by atoms with Gasteiger partial charge in [0, 0.05) is 25.8 Å². The minimum Gasteiger partial charge on any atom is -0.396 e. The quantitative estimate of drug-likeness (QED) is 0.709. The minimum absolute atomic E-state index is 0.0138. The standard InChI is InChI=1S/C19H22ClFN2O4S/c1-12-3-4-13(15(21)9-12)10-17-16(11-14(20)18(25)23(17)2)22-28(26,27)19(5-6-19)7-8-24/h3-4,9,11,22,24H,5-8,10H2,1-2H3. The summed E-state index contributed by atoms with van der Waals surface area (Å²) in [6.45, 7) is 1.52. The molecule has 1 aliphatic carbocycles. The van der Waals surface area contributed by atoms with Gasteiger partial charge in [-0.2, -0.15) is 0 Å². The highest BCUT2D eigenvalue weighted by Gasteiger charge is 2.54. The summed E-state index contributed by atoms with van der Waals surface area (Å²) in [6.07, 6.45) is 1.04. The van der Waals surface area contributed by atoms with Crippen LogP contribution in [0.4, 0.5) is 10.1 Å². The average Bonchev–Trinajstić information content (AvgIpc) is 3.40. The molecule has 0 radical (unpaired) electrons. The third-order valence-corrected chi connectivity index (χ3v) is 7.76. The van der Waals surface area contributed by atoms with Crippen LogP contribution >= 0.6 is 11.6 Å². The molecule has 6 nitrogen and oxygen atoms in total. The number of nitrogens with one attached hydrogen (secondary N) is 1. The van der Waals surface area contributed by atoms with E-state index in [9.17, 15) is 22.7 Å². The molecule has 1 heterocycles. The Kier molecular flexibility index (Phi) is 5.58. The number of aryl methyl sites for hydroxylation is 1. The van der Waals surface area contributed by atoms with Crippen molar-refractivity contribution >= 4 is 27.3 Å². The van der Waals surface area contributed by atoms with Crippen LogP contribution in [0, 0.1) is 12.7 Å². The summed E-state index contributed by atoms with van der Waals surface area (Å²) in [5, 5.41) is 9.06.